The number of amides is 1. The van der Waals surface area contributed by atoms with E-state index in [-0.39, 0.29) is 43.5 Å². The molecule has 1 aliphatic heterocycles. The molecule has 3 heterocycles. The van der Waals surface area contributed by atoms with E-state index in [1.54, 1.807) is 30.5 Å². The van der Waals surface area contributed by atoms with Crippen LogP contribution in [0, 0.1) is 0 Å². The Labute approximate surface area is 227 Å². The topological polar surface area (TPSA) is 122 Å². The Hall–Kier alpha value is -3.48. The van der Waals surface area contributed by atoms with Crippen molar-refractivity contribution in [1.82, 2.24) is 19.5 Å². The van der Waals surface area contributed by atoms with Gasteiger partial charge in [-0.25, -0.2) is 8.42 Å². The van der Waals surface area contributed by atoms with Crippen molar-refractivity contribution in [2.45, 2.75) is 30.2 Å². The molecule has 1 saturated heterocycles. The molecule has 1 aliphatic rings. The fraction of sp³-hybridized carbons (Fsp3) is 0.269. The largest absolute Gasteiger partial charge is 0.511 e. The van der Waals surface area contributed by atoms with E-state index < -0.39 is 21.4 Å². The zero-order chi connectivity index (χ0) is 27.9. The molecule has 0 bridgehead atoms. The van der Waals surface area contributed by atoms with Crippen LogP contribution in [0.2, 0.25) is 5.02 Å². The van der Waals surface area contributed by atoms with E-state index >= 15 is 0 Å². The van der Waals surface area contributed by atoms with E-state index in [0.717, 1.165) is 27.6 Å². The third kappa shape index (κ3) is 5.23. The molecule has 39 heavy (non-hydrogen) atoms. The minimum Gasteiger partial charge on any atom is -0.364 e. The number of hydrogen-bond acceptors (Lipinski definition) is 5. The van der Waals surface area contributed by atoms with Crippen molar-refractivity contribution in [3.63, 3.8) is 0 Å². The SMILES string of the molecule is NC(=O)c1ccc(C(c2ccc(Cl)cc2)c2ccc3[nH]nc(C4CCN(S(=O)(=O)C(F)(F)F)CC4)c3c2)cn1. The Kier molecular flexibility index (Phi) is 7.12. The molecule has 2 aromatic carbocycles. The maximum Gasteiger partial charge on any atom is 0.511 e. The molecule has 2 aromatic heterocycles. The van der Waals surface area contributed by atoms with Crippen LogP contribution in [0.25, 0.3) is 10.9 Å². The Morgan fingerprint density at radius 3 is 2.26 bits per heavy atom. The normalized spacial score (nSPS) is 16.4. The van der Waals surface area contributed by atoms with Crippen molar-refractivity contribution in [1.29, 1.82) is 0 Å². The highest BCUT2D eigenvalue weighted by Crippen LogP contribution is 2.38. The number of benzene rings is 2. The van der Waals surface area contributed by atoms with Gasteiger partial charge in [0.15, 0.2) is 0 Å². The third-order valence-corrected chi connectivity index (χ3v) is 8.88. The monoisotopic (exact) mass is 577 g/mol. The van der Waals surface area contributed by atoms with Gasteiger partial charge in [0, 0.05) is 41.5 Å². The van der Waals surface area contributed by atoms with Crippen molar-refractivity contribution < 1.29 is 26.4 Å². The molecule has 0 radical (unpaired) electrons. The highest BCUT2D eigenvalue weighted by atomic mass is 35.5. The zero-order valence-electron chi connectivity index (χ0n) is 20.3. The number of H-pyrrole nitrogens is 1. The number of pyridine rings is 1. The molecule has 1 amide bonds. The number of fused-ring (bicyclic) bond motifs is 1. The lowest BCUT2D eigenvalue weighted by atomic mass is 9.84. The summed E-state index contributed by atoms with van der Waals surface area (Å²) in [5.41, 5.74) is 4.20. The second-order valence-corrected chi connectivity index (χ2v) is 11.7. The first-order valence-corrected chi connectivity index (χ1v) is 13.8. The van der Waals surface area contributed by atoms with Crippen LogP contribution in [0.1, 0.15) is 57.6 Å². The zero-order valence-corrected chi connectivity index (χ0v) is 21.9. The second-order valence-electron chi connectivity index (χ2n) is 9.36. The van der Waals surface area contributed by atoms with Gasteiger partial charge in [-0.05, 0) is 59.9 Å². The third-order valence-electron chi connectivity index (χ3n) is 7.00. The molecular weight excluding hydrogens is 555 g/mol. The molecule has 1 unspecified atom stereocenters. The van der Waals surface area contributed by atoms with Crippen LogP contribution in [0.4, 0.5) is 13.2 Å². The first-order valence-electron chi connectivity index (χ1n) is 12.0. The first kappa shape index (κ1) is 27.1. The number of nitrogens with zero attached hydrogens (tertiary/aromatic N) is 3. The van der Waals surface area contributed by atoms with E-state index in [0.29, 0.717) is 15.0 Å². The van der Waals surface area contributed by atoms with Crippen molar-refractivity contribution in [2.24, 2.45) is 5.73 Å². The van der Waals surface area contributed by atoms with E-state index in [2.05, 4.69) is 15.2 Å². The fourth-order valence-corrected chi connectivity index (χ4v) is 6.12. The fourth-order valence-electron chi connectivity index (χ4n) is 5.01. The molecule has 1 atom stereocenters. The Bertz CT molecular complexity index is 1620. The second kappa shape index (κ2) is 10.2. The number of carbonyl (C=O) groups is 1. The average Bonchev–Trinajstić information content (AvgIpc) is 3.33. The number of alkyl halides is 3. The van der Waals surface area contributed by atoms with Crippen molar-refractivity contribution in [3.8, 4) is 0 Å². The minimum atomic E-state index is -5.36. The number of aromatic nitrogens is 3. The lowest BCUT2D eigenvalue weighted by Crippen LogP contribution is -2.44. The molecule has 0 spiro atoms. The number of hydrogen-bond donors (Lipinski definition) is 2. The van der Waals surface area contributed by atoms with E-state index in [4.69, 9.17) is 17.3 Å². The molecule has 4 aromatic rings. The Morgan fingerprint density at radius 1 is 1.03 bits per heavy atom. The Morgan fingerprint density at radius 2 is 1.67 bits per heavy atom. The number of piperidine rings is 1. The highest BCUT2D eigenvalue weighted by Gasteiger charge is 2.50. The molecule has 0 saturated carbocycles. The summed E-state index contributed by atoms with van der Waals surface area (Å²) in [5.74, 6) is -1.15. The summed E-state index contributed by atoms with van der Waals surface area (Å²) in [7, 11) is -5.36. The predicted octanol–water partition coefficient (Wildman–Crippen LogP) is 4.92. The van der Waals surface area contributed by atoms with Crippen LogP contribution in [-0.4, -0.2) is 52.4 Å². The maximum atomic E-state index is 13.0. The van der Waals surface area contributed by atoms with E-state index in [9.17, 15) is 26.4 Å². The van der Waals surface area contributed by atoms with Gasteiger partial charge < -0.3 is 5.73 Å². The number of primary amides is 1. The molecule has 5 rings (SSSR count). The van der Waals surface area contributed by atoms with E-state index in [1.807, 2.05) is 30.3 Å². The summed E-state index contributed by atoms with van der Waals surface area (Å²) < 4.78 is 63.1. The lowest BCUT2D eigenvalue weighted by Gasteiger charge is -2.31. The predicted molar refractivity (Wildman–Crippen MR) is 140 cm³/mol. The van der Waals surface area contributed by atoms with Crippen LogP contribution in [0.3, 0.4) is 0 Å². The summed E-state index contributed by atoms with van der Waals surface area (Å²) in [4.78, 5) is 15.7. The number of sulfonamides is 1. The van der Waals surface area contributed by atoms with Crippen LogP contribution in [0.15, 0.2) is 60.8 Å². The minimum absolute atomic E-state index is 0.139. The highest BCUT2D eigenvalue weighted by molar-refractivity contribution is 7.90. The van der Waals surface area contributed by atoms with Crippen LogP contribution in [-0.2, 0) is 10.0 Å². The summed E-state index contributed by atoms with van der Waals surface area (Å²) >= 11 is 6.12. The molecule has 8 nitrogen and oxygen atoms in total. The quantitative estimate of drug-likeness (QED) is 0.337. The summed E-state index contributed by atoms with van der Waals surface area (Å²) in [6.07, 6.45) is 2.01. The first-order chi connectivity index (χ1) is 18.5. The summed E-state index contributed by atoms with van der Waals surface area (Å²) in [6.45, 7) is -0.488. The molecule has 0 aliphatic carbocycles. The molecule has 204 valence electrons. The van der Waals surface area contributed by atoms with Crippen molar-refractivity contribution in [2.75, 3.05) is 13.1 Å². The molecular formula is C26H23ClF3N5O3S. The van der Waals surface area contributed by atoms with Gasteiger partial charge >= 0.3 is 15.5 Å². The number of halogens is 4. The standard InChI is InChI=1S/C26H23ClF3N5O3S/c27-19-5-1-15(2-6-19)23(18-4-8-22(25(31)36)32-14-18)17-3-7-21-20(13-17)24(34-33-21)16-9-11-35(12-10-16)39(37,38)26(28,29)30/h1-8,13-14,16,23H,9-12H2,(H2,31,36)(H,33,34). The summed E-state index contributed by atoms with van der Waals surface area (Å²) in [6, 6.07) is 16.5. The number of nitrogens with one attached hydrogen (secondary N) is 1. The molecule has 1 fully saturated rings. The molecule has 3 N–H and O–H groups in total. The number of aromatic amines is 1. The maximum absolute atomic E-state index is 13.0. The lowest BCUT2D eigenvalue weighted by molar-refractivity contribution is -0.0494. The van der Waals surface area contributed by atoms with Gasteiger partial charge in [0.25, 0.3) is 5.91 Å². The average molecular weight is 578 g/mol. The van der Waals surface area contributed by atoms with Gasteiger partial charge in [0.2, 0.25) is 0 Å². The van der Waals surface area contributed by atoms with E-state index in [1.165, 1.54) is 0 Å². The number of carbonyl (C=O) groups excluding carboxylic acids is 1. The van der Waals surface area contributed by atoms with Gasteiger partial charge in [-0.1, -0.05) is 35.9 Å². The van der Waals surface area contributed by atoms with Crippen LogP contribution in [0.5, 0.6) is 0 Å². The van der Waals surface area contributed by atoms with Gasteiger partial charge in [0.05, 0.1) is 11.2 Å². The smallest absolute Gasteiger partial charge is 0.364 e. The number of nitrogens with two attached hydrogens (primary N) is 1. The van der Waals surface area contributed by atoms with Crippen LogP contribution < -0.4 is 5.73 Å². The van der Waals surface area contributed by atoms with Crippen molar-refractivity contribution >= 4 is 38.4 Å². The van der Waals surface area contributed by atoms with Crippen LogP contribution >= 0.6 is 11.6 Å². The van der Waals surface area contributed by atoms with Crippen molar-refractivity contribution in [3.05, 3.63) is 93.9 Å². The van der Waals surface area contributed by atoms with Gasteiger partial charge in [-0.15, -0.1) is 0 Å². The Balaban J connectivity index is 1.50. The summed E-state index contributed by atoms with van der Waals surface area (Å²) in [5, 5.41) is 8.80. The van der Waals surface area contributed by atoms with Gasteiger partial charge in [-0.2, -0.15) is 22.6 Å². The molecule has 13 heteroatoms. The van der Waals surface area contributed by atoms with Gasteiger partial charge in [0.1, 0.15) is 5.69 Å². The van der Waals surface area contributed by atoms with Gasteiger partial charge in [-0.3, -0.25) is 14.9 Å². The number of rotatable bonds is 6.